The number of anilines is 1. The standard InChI is InChI=1S/C23H26N8O2/c1-12-7-18(33-29-12)20-21-22(26-15(4)14(3)25-21)28-23(27-20)30-9-13(2)32-19(11-30)16-8-24-31(10-16)17-5-6-17/h7-8,10,13,17,19H,5-6,9,11H2,1-4H3/t13-,19-/m0/s1. The van der Waals surface area contributed by atoms with Crippen molar-refractivity contribution in [2.75, 3.05) is 18.0 Å². The third-order valence-corrected chi connectivity index (χ3v) is 6.25. The highest BCUT2D eigenvalue weighted by Gasteiger charge is 2.32. The molecule has 1 saturated heterocycles. The van der Waals surface area contributed by atoms with Gasteiger partial charge in [-0.15, -0.1) is 0 Å². The van der Waals surface area contributed by atoms with Crippen LogP contribution in [-0.4, -0.2) is 54.1 Å². The summed E-state index contributed by atoms with van der Waals surface area (Å²) >= 11 is 0. The number of morpholine rings is 1. The first-order chi connectivity index (χ1) is 15.9. The molecule has 10 nitrogen and oxygen atoms in total. The topological polar surface area (TPSA) is 108 Å². The van der Waals surface area contributed by atoms with E-state index in [9.17, 15) is 0 Å². The zero-order valence-electron chi connectivity index (χ0n) is 19.2. The second-order valence-electron chi connectivity index (χ2n) is 9.10. The lowest BCUT2D eigenvalue weighted by Crippen LogP contribution is -2.43. The normalized spacial score (nSPS) is 21.2. The van der Waals surface area contributed by atoms with Gasteiger partial charge in [0.1, 0.15) is 17.3 Å². The first kappa shape index (κ1) is 20.2. The molecule has 0 aromatic carbocycles. The molecule has 1 aliphatic carbocycles. The molecule has 6 rings (SSSR count). The van der Waals surface area contributed by atoms with Gasteiger partial charge in [0.2, 0.25) is 5.95 Å². The van der Waals surface area contributed by atoms with E-state index >= 15 is 0 Å². The molecule has 2 atom stereocenters. The fourth-order valence-corrected chi connectivity index (χ4v) is 4.25. The Morgan fingerprint density at radius 3 is 2.58 bits per heavy atom. The number of hydrogen-bond acceptors (Lipinski definition) is 9. The summed E-state index contributed by atoms with van der Waals surface area (Å²) in [6.45, 7) is 9.12. The molecule has 1 aliphatic heterocycles. The number of hydrogen-bond donors (Lipinski definition) is 0. The third kappa shape index (κ3) is 3.74. The lowest BCUT2D eigenvalue weighted by molar-refractivity contribution is -0.0178. The van der Waals surface area contributed by atoms with Crippen molar-refractivity contribution in [3.05, 3.63) is 41.1 Å². The van der Waals surface area contributed by atoms with Crippen LogP contribution >= 0.6 is 0 Å². The molecule has 1 saturated carbocycles. The summed E-state index contributed by atoms with van der Waals surface area (Å²) in [7, 11) is 0. The van der Waals surface area contributed by atoms with Crippen molar-refractivity contribution >= 4 is 17.1 Å². The van der Waals surface area contributed by atoms with Gasteiger partial charge in [0.25, 0.3) is 0 Å². The first-order valence-electron chi connectivity index (χ1n) is 11.4. The number of aryl methyl sites for hydroxylation is 3. The highest BCUT2D eigenvalue weighted by atomic mass is 16.5. The van der Waals surface area contributed by atoms with Crippen molar-refractivity contribution in [2.45, 2.75) is 58.8 Å². The van der Waals surface area contributed by atoms with Crippen molar-refractivity contribution in [1.29, 1.82) is 0 Å². The highest BCUT2D eigenvalue weighted by Crippen LogP contribution is 2.36. The zero-order valence-corrected chi connectivity index (χ0v) is 19.2. The minimum Gasteiger partial charge on any atom is -0.367 e. The molecule has 2 fully saturated rings. The van der Waals surface area contributed by atoms with E-state index in [1.165, 1.54) is 12.8 Å². The second-order valence-corrected chi connectivity index (χ2v) is 9.10. The highest BCUT2D eigenvalue weighted by molar-refractivity contribution is 5.86. The summed E-state index contributed by atoms with van der Waals surface area (Å²) < 4.78 is 13.9. The minimum atomic E-state index is -0.109. The van der Waals surface area contributed by atoms with Crippen LogP contribution in [0.2, 0.25) is 0 Å². The van der Waals surface area contributed by atoms with Crippen molar-refractivity contribution in [2.24, 2.45) is 0 Å². The number of fused-ring (bicyclic) bond motifs is 1. The minimum absolute atomic E-state index is 0.00846. The second kappa shape index (κ2) is 7.58. The van der Waals surface area contributed by atoms with Gasteiger partial charge >= 0.3 is 0 Å². The monoisotopic (exact) mass is 446 g/mol. The quantitative estimate of drug-likeness (QED) is 0.465. The van der Waals surface area contributed by atoms with Crippen molar-refractivity contribution < 1.29 is 9.26 Å². The summed E-state index contributed by atoms with van der Waals surface area (Å²) in [5, 5.41) is 8.58. The Hall–Kier alpha value is -3.40. The molecule has 0 spiro atoms. The summed E-state index contributed by atoms with van der Waals surface area (Å²) in [5.41, 5.74) is 5.30. The summed E-state index contributed by atoms with van der Waals surface area (Å²) in [5.74, 6) is 1.14. The van der Waals surface area contributed by atoms with Gasteiger partial charge in [0.15, 0.2) is 11.4 Å². The number of nitrogens with zero attached hydrogens (tertiary/aromatic N) is 8. The molecule has 2 aliphatic rings. The molecule has 0 bridgehead atoms. The van der Waals surface area contributed by atoms with E-state index in [0.29, 0.717) is 47.7 Å². The smallest absolute Gasteiger partial charge is 0.228 e. The van der Waals surface area contributed by atoms with E-state index in [-0.39, 0.29) is 12.2 Å². The fourth-order valence-electron chi connectivity index (χ4n) is 4.25. The molecule has 4 aromatic rings. The summed E-state index contributed by atoms with van der Waals surface area (Å²) in [4.78, 5) is 21.3. The van der Waals surface area contributed by atoms with Crippen LogP contribution in [0.15, 0.2) is 23.0 Å². The van der Waals surface area contributed by atoms with Gasteiger partial charge in [0.05, 0.1) is 42.0 Å². The Kier molecular flexibility index (Phi) is 4.65. The van der Waals surface area contributed by atoms with E-state index < -0.39 is 0 Å². The molecule has 0 radical (unpaired) electrons. The van der Waals surface area contributed by atoms with Crippen LogP contribution in [0.5, 0.6) is 0 Å². The van der Waals surface area contributed by atoms with Gasteiger partial charge in [0, 0.05) is 24.4 Å². The summed E-state index contributed by atoms with van der Waals surface area (Å²) in [6.07, 6.45) is 6.32. The molecule has 10 heteroatoms. The molecule has 0 amide bonds. The predicted octanol–water partition coefficient (Wildman–Crippen LogP) is 3.50. The average molecular weight is 447 g/mol. The van der Waals surface area contributed by atoms with Crippen LogP contribution in [-0.2, 0) is 4.74 Å². The number of rotatable bonds is 4. The molecule has 0 unspecified atom stereocenters. The molecule has 4 aromatic heterocycles. The average Bonchev–Trinajstić information content (AvgIpc) is 3.35. The van der Waals surface area contributed by atoms with Crippen LogP contribution in [0.25, 0.3) is 22.6 Å². The summed E-state index contributed by atoms with van der Waals surface area (Å²) in [6, 6.07) is 2.40. The Bertz CT molecular complexity index is 1340. The van der Waals surface area contributed by atoms with E-state index in [1.54, 1.807) is 0 Å². The van der Waals surface area contributed by atoms with E-state index in [2.05, 4.69) is 33.0 Å². The SMILES string of the molecule is Cc1cc(-c2nc(N3C[C@@H](c4cnn(C5CC5)c4)O[C@@H](C)C3)nc3nc(C)c(C)nc23)on1. The van der Waals surface area contributed by atoms with Gasteiger partial charge in [-0.05, 0) is 40.5 Å². The lowest BCUT2D eigenvalue weighted by Gasteiger charge is -2.36. The Labute approximate surface area is 191 Å². The molecular weight excluding hydrogens is 420 g/mol. The Morgan fingerprint density at radius 1 is 1.00 bits per heavy atom. The molecule has 5 heterocycles. The fraction of sp³-hybridized carbons (Fsp3) is 0.478. The van der Waals surface area contributed by atoms with E-state index in [0.717, 1.165) is 22.6 Å². The predicted molar refractivity (Wildman–Crippen MR) is 121 cm³/mol. The van der Waals surface area contributed by atoms with E-state index in [1.807, 2.05) is 33.0 Å². The van der Waals surface area contributed by atoms with Gasteiger partial charge in [-0.3, -0.25) is 4.68 Å². The maximum Gasteiger partial charge on any atom is 0.228 e. The maximum absolute atomic E-state index is 6.27. The van der Waals surface area contributed by atoms with Gasteiger partial charge in [-0.2, -0.15) is 10.1 Å². The van der Waals surface area contributed by atoms with Crippen molar-refractivity contribution in [3.63, 3.8) is 0 Å². The molecule has 170 valence electrons. The van der Waals surface area contributed by atoms with Crippen LogP contribution in [0.1, 0.15) is 54.6 Å². The van der Waals surface area contributed by atoms with E-state index in [4.69, 9.17) is 29.2 Å². The van der Waals surface area contributed by atoms with Crippen LogP contribution in [0.4, 0.5) is 5.95 Å². The van der Waals surface area contributed by atoms with Crippen molar-refractivity contribution in [1.82, 2.24) is 34.9 Å². The molecule has 33 heavy (non-hydrogen) atoms. The zero-order chi connectivity index (χ0) is 22.7. The Morgan fingerprint density at radius 2 is 1.82 bits per heavy atom. The van der Waals surface area contributed by atoms with Gasteiger partial charge < -0.3 is 14.2 Å². The molecular formula is C23H26N8O2. The third-order valence-electron chi connectivity index (χ3n) is 6.25. The largest absolute Gasteiger partial charge is 0.367 e. The molecule has 0 N–H and O–H groups in total. The first-order valence-corrected chi connectivity index (χ1v) is 11.4. The van der Waals surface area contributed by atoms with Crippen molar-refractivity contribution in [3.8, 4) is 11.5 Å². The van der Waals surface area contributed by atoms with Crippen LogP contribution in [0.3, 0.4) is 0 Å². The number of aromatic nitrogens is 7. The van der Waals surface area contributed by atoms with Crippen LogP contribution in [0, 0.1) is 20.8 Å². The number of ether oxygens (including phenoxy) is 1. The van der Waals surface area contributed by atoms with Gasteiger partial charge in [-0.1, -0.05) is 5.16 Å². The van der Waals surface area contributed by atoms with Gasteiger partial charge in [-0.25, -0.2) is 15.0 Å². The lowest BCUT2D eigenvalue weighted by atomic mass is 10.1. The maximum atomic E-state index is 6.27. The van der Waals surface area contributed by atoms with Crippen LogP contribution < -0.4 is 4.90 Å². The Balaban J connectivity index is 1.41.